The van der Waals surface area contributed by atoms with E-state index in [1.54, 1.807) is 0 Å². The number of nitrogens with zero attached hydrogens (tertiary/aromatic N) is 2. The SMILES string of the molecule is C=C1/C=C\C=C(\C)COC(=C\N(C2=CC=CC=CC2)c2cc(C)c(/C=C\C)c3c2ccc2c(C)cc(N(C4=C(OC/C(C)=C\C)C(C(C)/C=C\C)=CCC=C4)c4ccccc4)c(C)c23)/C1=C\C=C/C. The summed E-state index contributed by atoms with van der Waals surface area (Å²) in [4.78, 5) is 4.79. The van der Waals surface area contributed by atoms with Crippen LogP contribution < -0.4 is 9.80 Å². The van der Waals surface area contributed by atoms with E-state index in [9.17, 15) is 0 Å². The second-order valence-corrected chi connectivity index (χ2v) is 18.1. The highest BCUT2D eigenvalue weighted by atomic mass is 16.5. The van der Waals surface area contributed by atoms with Gasteiger partial charge in [0.25, 0.3) is 0 Å². The van der Waals surface area contributed by atoms with Crippen molar-refractivity contribution in [1.82, 2.24) is 0 Å². The summed E-state index contributed by atoms with van der Waals surface area (Å²) >= 11 is 0. The van der Waals surface area contributed by atoms with Crippen LogP contribution in [0.15, 0.2) is 228 Å². The predicted octanol–water partition coefficient (Wildman–Crippen LogP) is 18.0. The number of fused-ring (bicyclic) bond motifs is 3. The molecule has 1 heterocycles. The third kappa shape index (κ3) is 11.0. The Morgan fingerprint density at radius 1 is 0.826 bits per heavy atom. The zero-order valence-corrected chi connectivity index (χ0v) is 42.6. The number of aryl methyl sites for hydroxylation is 3. The molecule has 2 aliphatic carbocycles. The first-order valence-corrected chi connectivity index (χ1v) is 24.5. The van der Waals surface area contributed by atoms with E-state index < -0.39 is 0 Å². The fraction of sp³-hybridized carbons (Fsp3) is 0.231. The highest BCUT2D eigenvalue weighted by molar-refractivity contribution is 6.19. The van der Waals surface area contributed by atoms with E-state index in [-0.39, 0.29) is 5.92 Å². The molecule has 69 heavy (non-hydrogen) atoms. The Kier molecular flexibility index (Phi) is 16.6. The molecule has 0 amide bonds. The number of hydrogen-bond acceptors (Lipinski definition) is 4. The van der Waals surface area contributed by atoms with Crippen LogP contribution in [0.2, 0.25) is 0 Å². The number of para-hydroxylation sites is 1. The summed E-state index contributed by atoms with van der Waals surface area (Å²) in [5, 5.41) is 4.79. The third-order valence-electron chi connectivity index (χ3n) is 13.0. The van der Waals surface area contributed by atoms with Crippen LogP contribution in [0.4, 0.5) is 17.1 Å². The summed E-state index contributed by atoms with van der Waals surface area (Å²) < 4.78 is 13.8. The highest BCUT2D eigenvalue weighted by Gasteiger charge is 2.28. The van der Waals surface area contributed by atoms with Gasteiger partial charge in [0, 0.05) is 34.7 Å². The van der Waals surface area contributed by atoms with Crippen molar-refractivity contribution in [3.05, 3.63) is 250 Å². The van der Waals surface area contributed by atoms with Gasteiger partial charge in [0.15, 0.2) is 0 Å². The summed E-state index contributed by atoms with van der Waals surface area (Å²) in [5.74, 6) is 1.78. The lowest BCUT2D eigenvalue weighted by Gasteiger charge is -2.32. The minimum Gasteiger partial charge on any atom is -0.487 e. The molecule has 1 atom stereocenters. The maximum absolute atomic E-state index is 7.01. The average Bonchev–Trinajstić information content (AvgIpc) is 3.73. The largest absolute Gasteiger partial charge is 0.487 e. The molecule has 4 heteroatoms. The molecule has 0 saturated carbocycles. The lowest BCUT2D eigenvalue weighted by atomic mass is 9.88. The standard InChI is InChI=1S/C65H70N2O2/c1-12-16-35-54-48(8)30-26-29-46(6)44-68-62(54)42-66(52-31-20-17-18-21-32-52)61-41-50(10)55(28-14-3)64-58(61)39-38-56-49(9)40-60(51(11)63(56)64)67(53-33-22-19-23-34-53)59-37-25-24-36-57(47(7)27-13-2)65(59)69-43-45(5)15-4/h12-23,25-31,33-42,47H,8,24,32,43-44H2,1-7,9-11H3/b16-12-,27-13-,28-14-,30-26-,45-15-,46-29-,54-35-,62-42-. The van der Waals surface area contributed by atoms with E-state index in [0.29, 0.717) is 13.2 Å². The molecule has 1 aliphatic heterocycles. The minimum atomic E-state index is 0.144. The topological polar surface area (TPSA) is 24.9 Å². The van der Waals surface area contributed by atoms with Crippen molar-refractivity contribution >= 4 is 44.7 Å². The molecule has 4 aromatic rings. The first-order valence-electron chi connectivity index (χ1n) is 24.5. The van der Waals surface area contributed by atoms with Gasteiger partial charge in [-0.05, 0) is 166 Å². The van der Waals surface area contributed by atoms with Gasteiger partial charge in [0.1, 0.15) is 24.7 Å². The number of hydrogen-bond donors (Lipinski definition) is 0. The lowest BCUT2D eigenvalue weighted by molar-refractivity contribution is 0.241. The molecule has 352 valence electrons. The second-order valence-electron chi connectivity index (χ2n) is 18.1. The Bertz CT molecular complexity index is 3050. The van der Waals surface area contributed by atoms with Gasteiger partial charge < -0.3 is 19.3 Å². The van der Waals surface area contributed by atoms with Gasteiger partial charge in [-0.3, -0.25) is 0 Å². The normalized spacial score (nSPS) is 18.8. The van der Waals surface area contributed by atoms with E-state index in [1.165, 1.54) is 49.6 Å². The van der Waals surface area contributed by atoms with E-state index in [0.717, 1.165) is 74.9 Å². The van der Waals surface area contributed by atoms with Crippen LogP contribution in [0.5, 0.6) is 0 Å². The number of ether oxygens (including phenoxy) is 2. The third-order valence-corrected chi connectivity index (χ3v) is 13.0. The monoisotopic (exact) mass is 911 g/mol. The summed E-state index contributed by atoms with van der Waals surface area (Å²) in [6.45, 7) is 27.1. The molecule has 0 bridgehead atoms. The van der Waals surface area contributed by atoms with Crippen LogP contribution in [-0.2, 0) is 9.47 Å². The van der Waals surface area contributed by atoms with Gasteiger partial charge in [-0.2, -0.15) is 0 Å². The average molecular weight is 911 g/mol. The fourth-order valence-electron chi connectivity index (χ4n) is 9.32. The Hall–Kier alpha value is -7.30. The first-order chi connectivity index (χ1) is 33.5. The van der Waals surface area contributed by atoms with Crippen molar-refractivity contribution in [2.24, 2.45) is 5.92 Å². The zero-order chi connectivity index (χ0) is 49.0. The van der Waals surface area contributed by atoms with Crippen LogP contribution in [0.25, 0.3) is 27.6 Å². The molecule has 4 nitrogen and oxygen atoms in total. The molecule has 7 rings (SSSR count). The van der Waals surface area contributed by atoms with Crippen molar-refractivity contribution in [1.29, 1.82) is 0 Å². The van der Waals surface area contributed by atoms with Crippen LogP contribution >= 0.6 is 0 Å². The van der Waals surface area contributed by atoms with Crippen LogP contribution in [0, 0.1) is 26.7 Å². The molecule has 0 fully saturated rings. The van der Waals surface area contributed by atoms with Crippen molar-refractivity contribution in [3.8, 4) is 0 Å². The van der Waals surface area contributed by atoms with Crippen LogP contribution in [0.1, 0.15) is 83.6 Å². The van der Waals surface area contributed by atoms with E-state index >= 15 is 0 Å². The zero-order valence-electron chi connectivity index (χ0n) is 42.6. The van der Waals surface area contributed by atoms with Gasteiger partial charge in [-0.1, -0.05) is 147 Å². The molecular weight excluding hydrogens is 841 g/mol. The molecule has 0 saturated heterocycles. The van der Waals surface area contributed by atoms with Crippen molar-refractivity contribution < 1.29 is 9.47 Å². The number of allylic oxidation sites excluding steroid dienone is 20. The summed E-state index contributed by atoms with van der Waals surface area (Å²) in [7, 11) is 0. The molecule has 4 aromatic carbocycles. The van der Waals surface area contributed by atoms with Gasteiger partial charge in [-0.15, -0.1) is 0 Å². The molecule has 0 aromatic heterocycles. The molecular formula is C65H70N2O2. The molecule has 0 radical (unpaired) electrons. The van der Waals surface area contributed by atoms with Gasteiger partial charge >= 0.3 is 0 Å². The van der Waals surface area contributed by atoms with E-state index in [4.69, 9.17) is 9.47 Å². The Balaban J connectivity index is 1.60. The Morgan fingerprint density at radius 3 is 2.36 bits per heavy atom. The molecule has 0 N–H and O–H groups in total. The maximum Gasteiger partial charge on any atom is 0.147 e. The van der Waals surface area contributed by atoms with Crippen LogP contribution in [-0.4, -0.2) is 13.2 Å². The summed E-state index contributed by atoms with van der Waals surface area (Å²) in [6, 6.07) is 20.2. The highest BCUT2D eigenvalue weighted by Crippen LogP contribution is 2.47. The van der Waals surface area contributed by atoms with Gasteiger partial charge in [0.05, 0.1) is 23.3 Å². The maximum atomic E-state index is 7.01. The first kappa shape index (κ1) is 49.6. The van der Waals surface area contributed by atoms with E-state index in [1.807, 2.05) is 13.0 Å². The Labute approximate surface area is 413 Å². The second kappa shape index (κ2) is 23.1. The lowest BCUT2D eigenvalue weighted by Crippen LogP contribution is -2.21. The smallest absolute Gasteiger partial charge is 0.147 e. The number of anilines is 3. The predicted molar refractivity (Wildman–Crippen MR) is 300 cm³/mol. The minimum absolute atomic E-state index is 0.144. The Morgan fingerprint density at radius 2 is 1.61 bits per heavy atom. The number of benzene rings is 4. The van der Waals surface area contributed by atoms with Crippen LogP contribution in [0.3, 0.4) is 0 Å². The molecule has 1 unspecified atom stereocenters. The number of rotatable bonds is 13. The van der Waals surface area contributed by atoms with Gasteiger partial charge in [-0.25, -0.2) is 0 Å². The van der Waals surface area contributed by atoms with E-state index in [2.05, 4.69) is 249 Å². The van der Waals surface area contributed by atoms with Crippen molar-refractivity contribution in [2.75, 3.05) is 23.0 Å². The quantitative estimate of drug-likeness (QED) is 0.0986. The molecule has 3 aliphatic rings. The van der Waals surface area contributed by atoms with Crippen molar-refractivity contribution in [2.45, 2.75) is 82.1 Å². The fourth-order valence-corrected chi connectivity index (χ4v) is 9.32. The summed E-state index contributed by atoms with van der Waals surface area (Å²) in [6.07, 6.45) is 44.8. The van der Waals surface area contributed by atoms with Crippen molar-refractivity contribution in [3.63, 3.8) is 0 Å². The van der Waals surface area contributed by atoms with Gasteiger partial charge in [0.2, 0.25) is 0 Å². The molecule has 0 spiro atoms. The summed E-state index contributed by atoms with van der Waals surface area (Å²) in [5.41, 5.74) is 15.4.